The molecule has 0 bridgehead atoms. The summed E-state index contributed by atoms with van der Waals surface area (Å²) in [4.78, 5) is 2.01. The molecule has 0 radical (unpaired) electrons. The number of hydrogen-bond acceptors (Lipinski definition) is 2. The highest BCUT2D eigenvalue weighted by Crippen LogP contribution is 2.24. The molecule has 2 rings (SSSR count). The number of nitrogens with zero attached hydrogens (tertiary/aromatic N) is 1. The van der Waals surface area contributed by atoms with E-state index in [1.165, 1.54) is 16.7 Å². The predicted octanol–water partition coefficient (Wildman–Crippen LogP) is 2.82. The zero-order chi connectivity index (χ0) is 13.7. The first-order valence-corrected chi connectivity index (χ1v) is 6.63. The lowest BCUT2D eigenvalue weighted by atomic mass is 9.96. The minimum Gasteiger partial charge on any atom is -0.391 e. The minimum atomic E-state index is -0.333. The fraction of sp³-hybridized carbons (Fsp3) is 0.294. The van der Waals surface area contributed by atoms with Crippen LogP contribution in [0.4, 0.5) is 0 Å². The zero-order valence-corrected chi connectivity index (χ0v) is 11.6. The second-order valence-electron chi connectivity index (χ2n) is 5.14. The molecule has 2 aromatic carbocycles. The molecule has 2 nitrogen and oxygen atoms in total. The summed E-state index contributed by atoms with van der Waals surface area (Å²) in [5.74, 6) is 0. The standard InChI is InChI=1S/C17H21NO/c1-18(2)13-16(19)12-15-10-6-7-11-17(15)14-8-4-3-5-9-14/h3-11,16,19H,12-13H2,1-2H3. The monoisotopic (exact) mass is 255 g/mol. The molecule has 0 fully saturated rings. The molecule has 0 heterocycles. The quantitative estimate of drug-likeness (QED) is 0.888. The lowest BCUT2D eigenvalue weighted by molar-refractivity contribution is 0.137. The Balaban J connectivity index is 2.22. The van der Waals surface area contributed by atoms with Crippen LogP contribution < -0.4 is 0 Å². The van der Waals surface area contributed by atoms with Gasteiger partial charge in [0.15, 0.2) is 0 Å². The van der Waals surface area contributed by atoms with Crippen molar-refractivity contribution in [3.05, 3.63) is 60.2 Å². The van der Waals surface area contributed by atoms with Crippen molar-refractivity contribution < 1.29 is 5.11 Å². The molecule has 1 N–H and O–H groups in total. The summed E-state index contributed by atoms with van der Waals surface area (Å²) in [6.45, 7) is 0.684. The van der Waals surface area contributed by atoms with Crippen molar-refractivity contribution in [3.63, 3.8) is 0 Å². The molecule has 0 aromatic heterocycles. The molecular formula is C17H21NO. The maximum atomic E-state index is 10.1. The number of benzene rings is 2. The number of aliphatic hydroxyl groups excluding tert-OH is 1. The predicted molar refractivity (Wildman–Crippen MR) is 80.1 cm³/mol. The Morgan fingerprint density at radius 1 is 0.947 bits per heavy atom. The van der Waals surface area contributed by atoms with Crippen molar-refractivity contribution in [1.29, 1.82) is 0 Å². The lowest BCUT2D eigenvalue weighted by Gasteiger charge is -2.17. The van der Waals surface area contributed by atoms with Crippen LogP contribution in [0.1, 0.15) is 5.56 Å². The topological polar surface area (TPSA) is 23.5 Å². The Morgan fingerprint density at radius 3 is 2.26 bits per heavy atom. The Kier molecular flexibility index (Phi) is 4.72. The molecule has 19 heavy (non-hydrogen) atoms. The Bertz CT molecular complexity index is 508. The normalized spacial score (nSPS) is 12.6. The van der Waals surface area contributed by atoms with Crippen molar-refractivity contribution in [1.82, 2.24) is 4.90 Å². The van der Waals surface area contributed by atoms with E-state index in [-0.39, 0.29) is 6.10 Å². The van der Waals surface area contributed by atoms with Gasteiger partial charge in [-0.2, -0.15) is 0 Å². The van der Waals surface area contributed by atoms with Gasteiger partial charge in [0.1, 0.15) is 0 Å². The van der Waals surface area contributed by atoms with Crippen molar-refractivity contribution >= 4 is 0 Å². The Morgan fingerprint density at radius 2 is 1.58 bits per heavy atom. The summed E-state index contributed by atoms with van der Waals surface area (Å²) in [5.41, 5.74) is 3.61. The van der Waals surface area contributed by atoms with E-state index in [0.29, 0.717) is 13.0 Å². The molecule has 0 saturated heterocycles. The third-order valence-corrected chi connectivity index (χ3v) is 3.13. The highest BCUT2D eigenvalue weighted by atomic mass is 16.3. The van der Waals surface area contributed by atoms with Gasteiger partial charge < -0.3 is 10.0 Å². The first kappa shape index (κ1) is 13.8. The third-order valence-electron chi connectivity index (χ3n) is 3.13. The molecule has 0 aliphatic rings. The van der Waals surface area contributed by atoms with Gasteiger partial charge in [-0.05, 0) is 30.8 Å². The van der Waals surface area contributed by atoms with Gasteiger partial charge in [0, 0.05) is 13.0 Å². The van der Waals surface area contributed by atoms with Gasteiger partial charge in [-0.1, -0.05) is 54.6 Å². The summed E-state index contributed by atoms with van der Waals surface area (Å²) in [6, 6.07) is 18.6. The van der Waals surface area contributed by atoms with E-state index in [2.05, 4.69) is 24.3 Å². The molecule has 0 saturated carbocycles. The molecule has 1 atom stereocenters. The second-order valence-corrected chi connectivity index (χ2v) is 5.14. The molecule has 2 aromatic rings. The highest BCUT2D eigenvalue weighted by Gasteiger charge is 2.10. The molecule has 100 valence electrons. The van der Waals surface area contributed by atoms with E-state index in [1.807, 2.05) is 49.3 Å². The van der Waals surface area contributed by atoms with E-state index in [1.54, 1.807) is 0 Å². The van der Waals surface area contributed by atoms with E-state index in [9.17, 15) is 5.11 Å². The second kappa shape index (κ2) is 6.50. The first-order valence-electron chi connectivity index (χ1n) is 6.63. The molecule has 0 amide bonds. The van der Waals surface area contributed by atoms with Crippen LogP contribution >= 0.6 is 0 Å². The molecule has 0 spiro atoms. The summed E-state index contributed by atoms with van der Waals surface area (Å²) in [6.07, 6.45) is 0.350. The van der Waals surface area contributed by atoms with Gasteiger partial charge >= 0.3 is 0 Å². The fourth-order valence-electron chi connectivity index (χ4n) is 2.34. The van der Waals surface area contributed by atoms with Crippen molar-refractivity contribution in [3.8, 4) is 11.1 Å². The van der Waals surface area contributed by atoms with E-state index in [0.717, 1.165) is 0 Å². The van der Waals surface area contributed by atoms with Gasteiger partial charge in [-0.3, -0.25) is 0 Å². The fourth-order valence-corrected chi connectivity index (χ4v) is 2.34. The van der Waals surface area contributed by atoms with Crippen LogP contribution in [0.2, 0.25) is 0 Å². The molecule has 0 aliphatic carbocycles. The van der Waals surface area contributed by atoms with Gasteiger partial charge in [0.25, 0.3) is 0 Å². The average molecular weight is 255 g/mol. The number of likely N-dealkylation sites (N-methyl/N-ethyl adjacent to an activating group) is 1. The van der Waals surface area contributed by atoms with Gasteiger partial charge in [0.05, 0.1) is 6.10 Å². The van der Waals surface area contributed by atoms with Gasteiger partial charge in [0.2, 0.25) is 0 Å². The maximum Gasteiger partial charge on any atom is 0.0707 e. The van der Waals surface area contributed by atoms with Crippen LogP contribution in [0.15, 0.2) is 54.6 Å². The van der Waals surface area contributed by atoms with Gasteiger partial charge in [-0.25, -0.2) is 0 Å². The summed E-state index contributed by atoms with van der Waals surface area (Å²) >= 11 is 0. The molecule has 1 unspecified atom stereocenters. The highest BCUT2D eigenvalue weighted by molar-refractivity contribution is 5.67. The summed E-state index contributed by atoms with van der Waals surface area (Å²) < 4.78 is 0. The van der Waals surface area contributed by atoms with E-state index >= 15 is 0 Å². The number of aliphatic hydroxyl groups is 1. The summed E-state index contributed by atoms with van der Waals surface area (Å²) in [5, 5.41) is 10.1. The van der Waals surface area contributed by atoms with E-state index < -0.39 is 0 Å². The first-order chi connectivity index (χ1) is 9.16. The molecule has 0 aliphatic heterocycles. The number of hydrogen-bond donors (Lipinski definition) is 1. The number of rotatable bonds is 5. The van der Waals surface area contributed by atoms with Crippen molar-refractivity contribution in [2.45, 2.75) is 12.5 Å². The van der Waals surface area contributed by atoms with Crippen molar-refractivity contribution in [2.75, 3.05) is 20.6 Å². The molecular weight excluding hydrogens is 234 g/mol. The van der Waals surface area contributed by atoms with Crippen molar-refractivity contribution in [2.24, 2.45) is 0 Å². The van der Waals surface area contributed by atoms with Gasteiger partial charge in [-0.15, -0.1) is 0 Å². The lowest BCUT2D eigenvalue weighted by Crippen LogP contribution is -2.27. The third kappa shape index (κ3) is 3.91. The smallest absolute Gasteiger partial charge is 0.0707 e. The largest absolute Gasteiger partial charge is 0.391 e. The van der Waals surface area contributed by atoms with Crippen LogP contribution in [0.25, 0.3) is 11.1 Å². The molecule has 2 heteroatoms. The zero-order valence-electron chi connectivity index (χ0n) is 11.6. The van der Waals surface area contributed by atoms with Crippen LogP contribution in [-0.4, -0.2) is 36.8 Å². The van der Waals surface area contributed by atoms with E-state index in [4.69, 9.17) is 0 Å². The van der Waals surface area contributed by atoms with Crippen LogP contribution in [-0.2, 0) is 6.42 Å². The minimum absolute atomic E-state index is 0.333. The SMILES string of the molecule is CN(C)CC(O)Cc1ccccc1-c1ccccc1. The Labute approximate surface area is 115 Å². The average Bonchev–Trinajstić information content (AvgIpc) is 2.39. The summed E-state index contributed by atoms with van der Waals surface area (Å²) in [7, 11) is 3.96. The van der Waals surface area contributed by atoms with Crippen LogP contribution in [0, 0.1) is 0 Å². The van der Waals surface area contributed by atoms with Crippen LogP contribution in [0.3, 0.4) is 0 Å². The van der Waals surface area contributed by atoms with Crippen LogP contribution in [0.5, 0.6) is 0 Å². The maximum absolute atomic E-state index is 10.1. The Hall–Kier alpha value is -1.64.